The van der Waals surface area contributed by atoms with Gasteiger partial charge in [-0.05, 0) is 32.2 Å². The molecule has 2 aliphatic heterocycles. The quantitative estimate of drug-likeness (QED) is 0.806. The summed E-state index contributed by atoms with van der Waals surface area (Å²) in [5.41, 5.74) is 0. The van der Waals surface area contributed by atoms with E-state index < -0.39 is 0 Å². The first-order chi connectivity index (χ1) is 12.1. The Hall–Kier alpha value is -1.14. The van der Waals surface area contributed by atoms with Gasteiger partial charge in [0.05, 0.1) is 6.54 Å². The molecular weight excluding hydrogens is 316 g/mol. The highest BCUT2D eigenvalue weighted by Crippen LogP contribution is 2.21. The third kappa shape index (κ3) is 5.17. The molecule has 142 valence electrons. The van der Waals surface area contributed by atoms with Gasteiger partial charge < -0.3 is 15.1 Å². The molecule has 1 N–H and O–H groups in total. The van der Waals surface area contributed by atoms with Gasteiger partial charge in [0, 0.05) is 51.7 Å². The number of carbonyl (C=O) groups is 2. The van der Waals surface area contributed by atoms with E-state index in [2.05, 4.69) is 10.2 Å². The van der Waals surface area contributed by atoms with E-state index in [9.17, 15) is 9.59 Å². The fourth-order valence-electron chi connectivity index (χ4n) is 4.40. The first-order valence-corrected chi connectivity index (χ1v) is 10.1. The first-order valence-electron chi connectivity index (χ1n) is 10.1. The molecule has 1 unspecified atom stereocenters. The van der Waals surface area contributed by atoms with Gasteiger partial charge >= 0.3 is 0 Å². The standard InChI is InChI=1S/C19H34N4O2/c1-21(17-7-3-2-4-8-17)19(25)15-22-10-12-23(13-11-22)18(24)14-16-6-5-9-20-16/h16-17,20H,2-15H2,1H3. The predicted molar refractivity (Wildman–Crippen MR) is 98.3 cm³/mol. The molecule has 0 spiro atoms. The molecule has 0 aromatic heterocycles. The van der Waals surface area contributed by atoms with E-state index in [1.165, 1.54) is 25.7 Å². The topological polar surface area (TPSA) is 55.9 Å². The number of hydrogen-bond acceptors (Lipinski definition) is 4. The van der Waals surface area contributed by atoms with E-state index in [1.54, 1.807) is 0 Å². The average molecular weight is 351 g/mol. The lowest BCUT2D eigenvalue weighted by Crippen LogP contribution is -2.52. The summed E-state index contributed by atoms with van der Waals surface area (Å²) < 4.78 is 0. The molecule has 3 rings (SSSR count). The smallest absolute Gasteiger partial charge is 0.236 e. The molecule has 6 heteroatoms. The molecule has 3 fully saturated rings. The Bertz CT molecular complexity index is 450. The molecule has 2 saturated heterocycles. The van der Waals surface area contributed by atoms with Crippen LogP contribution in [0.5, 0.6) is 0 Å². The van der Waals surface area contributed by atoms with Crippen LogP contribution >= 0.6 is 0 Å². The van der Waals surface area contributed by atoms with Crippen LogP contribution in [0.15, 0.2) is 0 Å². The van der Waals surface area contributed by atoms with Crippen LogP contribution in [0.1, 0.15) is 51.4 Å². The van der Waals surface area contributed by atoms with Crippen molar-refractivity contribution in [1.82, 2.24) is 20.0 Å². The van der Waals surface area contributed by atoms with Gasteiger partial charge in [-0.25, -0.2) is 0 Å². The zero-order valence-electron chi connectivity index (χ0n) is 15.7. The number of nitrogens with zero attached hydrogens (tertiary/aromatic N) is 3. The molecule has 0 bridgehead atoms. The van der Waals surface area contributed by atoms with Gasteiger partial charge in [-0.3, -0.25) is 14.5 Å². The summed E-state index contributed by atoms with van der Waals surface area (Å²) in [4.78, 5) is 31.1. The molecular formula is C19H34N4O2. The second-order valence-corrected chi connectivity index (χ2v) is 7.95. The van der Waals surface area contributed by atoms with E-state index in [0.29, 0.717) is 25.0 Å². The van der Waals surface area contributed by atoms with Crippen molar-refractivity contribution in [3.05, 3.63) is 0 Å². The van der Waals surface area contributed by atoms with Gasteiger partial charge in [-0.15, -0.1) is 0 Å². The summed E-state index contributed by atoms with van der Waals surface area (Å²) in [5, 5.41) is 3.40. The zero-order valence-corrected chi connectivity index (χ0v) is 15.7. The Morgan fingerprint density at radius 1 is 1.00 bits per heavy atom. The van der Waals surface area contributed by atoms with Crippen LogP contribution in [-0.4, -0.2) is 84.9 Å². The summed E-state index contributed by atoms with van der Waals surface area (Å²) in [5.74, 6) is 0.506. The third-order valence-electron chi connectivity index (χ3n) is 6.18. The van der Waals surface area contributed by atoms with E-state index in [-0.39, 0.29) is 11.8 Å². The van der Waals surface area contributed by atoms with Crippen LogP contribution in [0, 0.1) is 0 Å². The SMILES string of the molecule is CN(C(=O)CN1CCN(C(=O)CC2CCCN2)CC1)C1CCCCC1. The summed E-state index contributed by atoms with van der Waals surface area (Å²) in [7, 11) is 1.96. The molecule has 6 nitrogen and oxygen atoms in total. The van der Waals surface area contributed by atoms with Gasteiger partial charge in [0.1, 0.15) is 0 Å². The third-order valence-corrected chi connectivity index (χ3v) is 6.18. The Morgan fingerprint density at radius 3 is 2.36 bits per heavy atom. The highest BCUT2D eigenvalue weighted by atomic mass is 16.2. The van der Waals surface area contributed by atoms with Crippen LogP contribution < -0.4 is 5.32 Å². The molecule has 0 aromatic carbocycles. The highest BCUT2D eigenvalue weighted by Gasteiger charge is 2.27. The Balaban J connectivity index is 1.38. The molecule has 3 aliphatic rings. The fraction of sp³-hybridized carbons (Fsp3) is 0.895. The van der Waals surface area contributed by atoms with Crippen molar-refractivity contribution < 1.29 is 9.59 Å². The fourth-order valence-corrected chi connectivity index (χ4v) is 4.40. The maximum Gasteiger partial charge on any atom is 0.236 e. The molecule has 25 heavy (non-hydrogen) atoms. The van der Waals surface area contributed by atoms with Crippen molar-refractivity contribution in [2.75, 3.05) is 46.3 Å². The van der Waals surface area contributed by atoms with Crippen LogP contribution in [0.3, 0.4) is 0 Å². The number of carbonyl (C=O) groups excluding carboxylic acids is 2. The van der Waals surface area contributed by atoms with Crippen LogP contribution in [0.4, 0.5) is 0 Å². The maximum atomic E-state index is 12.6. The number of hydrogen-bond donors (Lipinski definition) is 1. The van der Waals surface area contributed by atoms with Crippen molar-refractivity contribution >= 4 is 11.8 Å². The number of nitrogens with one attached hydrogen (secondary N) is 1. The van der Waals surface area contributed by atoms with Gasteiger partial charge in [0.15, 0.2) is 0 Å². The van der Waals surface area contributed by atoms with Crippen molar-refractivity contribution in [2.45, 2.75) is 63.5 Å². The van der Waals surface area contributed by atoms with Crippen molar-refractivity contribution in [3.63, 3.8) is 0 Å². The zero-order chi connectivity index (χ0) is 17.6. The van der Waals surface area contributed by atoms with Gasteiger partial charge in [0.2, 0.25) is 11.8 Å². The van der Waals surface area contributed by atoms with Crippen molar-refractivity contribution in [1.29, 1.82) is 0 Å². The molecule has 1 saturated carbocycles. The normalized spacial score (nSPS) is 26.0. The number of rotatable bonds is 5. The summed E-state index contributed by atoms with van der Waals surface area (Å²) in [6.45, 7) is 4.68. The highest BCUT2D eigenvalue weighted by molar-refractivity contribution is 5.79. The van der Waals surface area contributed by atoms with E-state index in [1.807, 2.05) is 16.8 Å². The summed E-state index contributed by atoms with van der Waals surface area (Å²) in [6, 6.07) is 0.805. The van der Waals surface area contributed by atoms with Crippen LogP contribution in [0.25, 0.3) is 0 Å². The molecule has 0 radical (unpaired) electrons. The molecule has 0 aromatic rings. The van der Waals surface area contributed by atoms with Crippen LogP contribution in [-0.2, 0) is 9.59 Å². The lowest BCUT2D eigenvalue weighted by molar-refractivity contribution is -0.136. The summed E-state index contributed by atoms with van der Waals surface area (Å²) in [6.07, 6.45) is 9.04. The number of piperazine rings is 1. The monoisotopic (exact) mass is 350 g/mol. The van der Waals surface area contributed by atoms with Gasteiger partial charge in [-0.2, -0.15) is 0 Å². The molecule has 2 heterocycles. The lowest BCUT2D eigenvalue weighted by Gasteiger charge is -2.37. The Labute approximate surface area is 151 Å². The minimum Gasteiger partial charge on any atom is -0.342 e. The molecule has 2 amide bonds. The maximum absolute atomic E-state index is 12.6. The van der Waals surface area contributed by atoms with Gasteiger partial charge in [-0.1, -0.05) is 19.3 Å². The van der Waals surface area contributed by atoms with Crippen molar-refractivity contribution in [2.24, 2.45) is 0 Å². The second-order valence-electron chi connectivity index (χ2n) is 7.95. The average Bonchev–Trinajstić information content (AvgIpc) is 3.15. The van der Waals surface area contributed by atoms with E-state index >= 15 is 0 Å². The largest absolute Gasteiger partial charge is 0.342 e. The minimum atomic E-state index is 0.238. The van der Waals surface area contributed by atoms with Crippen LogP contribution in [0.2, 0.25) is 0 Å². The van der Waals surface area contributed by atoms with E-state index in [4.69, 9.17) is 0 Å². The first kappa shape index (κ1) is 18.6. The number of likely N-dealkylation sites (N-methyl/N-ethyl adjacent to an activating group) is 1. The summed E-state index contributed by atoms with van der Waals surface area (Å²) >= 11 is 0. The molecule has 1 atom stereocenters. The van der Waals surface area contributed by atoms with Gasteiger partial charge in [0.25, 0.3) is 0 Å². The number of amides is 2. The second kappa shape index (κ2) is 8.99. The lowest BCUT2D eigenvalue weighted by atomic mass is 9.94. The Kier molecular flexibility index (Phi) is 6.70. The van der Waals surface area contributed by atoms with Crippen molar-refractivity contribution in [3.8, 4) is 0 Å². The predicted octanol–water partition coefficient (Wildman–Crippen LogP) is 1.06. The minimum absolute atomic E-state index is 0.238. The Morgan fingerprint density at radius 2 is 1.72 bits per heavy atom. The molecule has 1 aliphatic carbocycles. The van der Waals surface area contributed by atoms with E-state index in [0.717, 1.165) is 52.0 Å².